The van der Waals surface area contributed by atoms with Gasteiger partial charge in [0.15, 0.2) is 5.60 Å². The molecule has 0 saturated carbocycles. The fourth-order valence-corrected chi connectivity index (χ4v) is 1.54. The highest BCUT2D eigenvalue weighted by Crippen LogP contribution is 2.31. The highest BCUT2D eigenvalue weighted by atomic mass is 79.9. The second-order valence-corrected chi connectivity index (χ2v) is 3.97. The van der Waals surface area contributed by atoms with Crippen molar-refractivity contribution in [1.29, 1.82) is 0 Å². The van der Waals surface area contributed by atoms with Crippen LogP contribution in [0.4, 0.5) is 0 Å². The molecular formula is C9H10BrNO2. The van der Waals surface area contributed by atoms with Crippen LogP contribution in [-0.4, -0.2) is 25.3 Å². The van der Waals surface area contributed by atoms with Gasteiger partial charge in [-0.1, -0.05) is 0 Å². The first-order chi connectivity index (χ1) is 6.27. The molecule has 1 aliphatic heterocycles. The fraction of sp³-hybridized carbons (Fsp3) is 0.444. The third-order valence-corrected chi connectivity index (χ3v) is 2.72. The third kappa shape index (κ3) is 1.49. The summed E-state index contributed by atoms with van der Waals surface area (Å²) in [6.45, 7) is 1.19. The Morgan fingerprint density at radius 1 is 1.54 bits per heavy atom. The van der Waals surface area contributed by atoms with Crippen molar-refractivity contribution in [3.8, 4) is 0 Å². The molecule has 0 radical (unpaired) electrons. The molecule has 0 bridgehead atoms. The van der Waals surface area contributed by atoms with E-state index < -0.39 is 0 Å². The van der Waals surface area contributed by atoms with E-state index in [2.05, 4.69) is 20.9 Å². The number of methoxy groups -OCH3 is 1. The highest BCUT2D eigenvalue weighted by Gasteiger charge is 2.41. The molecule has 1 aromatic heterocycles. The Hall–Kier alpha value is -0.450. The number of ether oxygens (including phenoxy) is 2. The lowest BCUT2D eigenvalue weighted by molar-refractivity contribution is -0.204. The van der Waals surface area contributed by atoms with Gasteiger partial charge >= 0.3 is 0 Å². The second-order valence-electron chi connectivity index (χ2n) is 3.05. The first-order valence-electron chi connectivity index (χ1n) is 4.02. The molecule has 0 unspecified atom stereocenters. The van der Waals surface area contributed by atoms with Gasteiger partial charge in [0.1, 0.15) is 0 Å². The van der Waals surface area contributed by atoms with Crippen molar-refractivity contribution < 1.29 is 9.47 Å². The van der Waals surface area contributed by atoms with E-state index in [0.717, 1.165) is 10.2 Å². The second kappa shape index (κ2) is 3.36. The molecule has 0 spiro atoms. The molecule has 70 valence electrons. The first kappa shape index (κ1) is 9.12. The van der Waals surface area contributed by atoms with Crippen molar-refractivity contribution in [2.45, 2.75) is 5.60 Å². The number of aromatic nitrogens is 1. The Bertz CT molecular complexity index is 289. The minimum atomic E-state index is -0.305. The molecule has 0 aliphatic carbocycles. The van der Waals surface area contributed by atoms with Gasteiger partial charge in [0.05, 0.1) is 18.9 Å². The predicted octanol–water partition coefficient (Wildman–Crippen LogP) is 1.72. The maximum atomic E-state index is 5.40. The summed E-state index contributed by atoms with van der Waals surface area (Å²) in [5.41, 5.74) is 0.630. The van der Waals surface area contributed by atoms with Crippen LogP contribution in [-0.2, 0) is 15.1 Å². The highest BCUT2D eigenvalue weighted by molar-refractivity contribution is 9.10. The number of halogens is 1. The topological polar surface area (TPSA) is 31.4 Å². The quantitative estimate of drug-likeness (QED) is 0.793. The molecule has 1 fully saturated rings. The van der Waals surface area contributed by atoms with Crippen LogP contribution in [0.25, 0.3) is 0 Å². The van der Waals surface area contributed by atoms with Gasteiger partial charge < -0.3 is 9.47 Å². The molecular weight excluding hydrogens is 234 g/mol. The SMILES string of the molecule is COC1(c2ccc(Br)cn2)COC1. The number of pyridine rings is 1. The van der Waals surface area contributed by atoms with E-state index >= 15 is 0 Å². The summed E-state index contributed by atoms with van der Waals surface area (Å²) in [6.07, 6.45) is 1.77. The van der Waals surface area contributed by atoms with Gasteiger partial charge in [-0.05, 0) is 28.1 Å². The summed E-state index contributed by atoms with van der Waals surface area (Å²) < 4.78 is 11.5. The number of hydrogen-bond donors (Lipinski definition) is 0. The van der Waals surface area contributed by atoms with Crippen LogP contribution in [0.15, 0.2) is 22.8 Å². The van der Waals surface area contributed by atoms with E-state index in [1.165, 1.54) is 0 Å². The molecule has 1 saturated heterocycles. The van der Waals surface area contributed by atoms with E-state index in [-0.39, 0.29) is 5.60 Å². The molecule has 4 heteroatoms. The van der Waals surface area contributed by atoms with Crippen LogP contribution in [0.1, 0.15) is 5.69 Å². The molecule has 13 heavy (non-hydrogen) atoms. The van der Waals surface area contributed by atoms with Crippen LogP contribution < -0.4 is 0 Å². The van der Waals surface area contributed by atoms with Crippen LogP contribution >= 0.6 is 15.9 Å². The average molecular weight is 244 g/mol. The van der Waals surface area contributed by atoms with Gasteiger partial charge in [-0.15, -0.1) is 0 Å². The summed E-state index contributed by atoms with van der Waals surface area (Å²) in [5, 5.41) is 0. The molecule has 1 aromatic rings. The summed E-state index contributed by atoms with van der Waals surface area (Å²) in [7, 11) is 1.69. The smallest absolute Gasteiger partial charge is 0.156 e. The molecule has 2 heterocycles. The molecule has 3 nitrogen and oxygen atoms in total. The number of hydrogen-bond acceptors (Lipinski definition) is 3. The monoisotopic (exact) mass is 243 g/mol. The lowest BCUT2D eigenvalue weighted by Gasteiger charge is -2.39. The van der Waals surface area contributed by atoms with Crippen LogP contribution in [0, 0.1) is 0 Å². The first-order valence-corrected chi connectivity index (χ1v) is 4.81. The predicted molar refractivity (Wildman–Crippen MR) is 51.4 cm³/mol. The zero-order chi connectivity index (χ0) is 9.31. The molecule has 1 aliphatic rings. The Morgan fingerprint density at radius 2 is 2.31 bits per heavy atom. The van der Waals surface area contributed by atoms with Crippen molar-refractivity contribution in [2.24, 2.45) is 0 Å². The maximum Gasteiger partial charge on any atom is 0.156 e. The zero-order valence-electron chi connectivity index (χ0n) is 7.29. The van der Waals surface area contributed by atoms with Gasteiger partial charge in [-0.25, -0.2) is 0 Å². The Kier molecular flexibility index (Phi) is 2.36. The number of nitrogens with zero attached hydrogens (tertiary/aromatic N) is 1. The summed E-state index contributed by atoms with van der Waals surface area (Å²) in [5.74, 6) is 0. The van der Waals surface area contributed by atoms with Crippen LogP contribution in [0.3, 0.4) is 0 Å². The van der Waals surface area contributed by atoms with Gasteiger partial charge in [0.25, 0.3) is 0 Å². The van der Waals surface area contributed by atoms with E-state index in [9.17, 15) is 0 Å². The van der Waals surface area contributed by atoms with Crippen LogP contribution in [0.2, 0.25) is 0 Å². The van der Waals surface area contributed by atoms with E-state index in [4.69, 9.17) is 9.47 Å². The summed E-state index contributed by atoms with van der Waals surface area (Å²) >= 11 is 3.34. The van der Waals surface area contributed by atoms with Crippen molar-refractivity contribution in [1.82, 2.24) is 4.98 Å². The minimum absolute atomic E-state index is 0.305. The summed E-state index contributed by atoms with van der Waals surface area (Å²) in [4.78, 5) is 4.29. The van der Waals surface area contributed by atoms with E-state index in [1.807, 2.05) is 12.1 Å². The van der Waals surface area contributed by atoms with E-state index in [1.54, 1.807) is 13.3 Å². The molecule has 0 amide bonds. The molecule has 0 N–H and O–H groups in total. The maximum absolute atomic E-state index is 5.40. The van der Waals surface area contributed by atoms with Gasteiger partial charge in [-0.2, -0.15) is 0 Å². The van der Waals surface area contributed by atoms with E-state index in [0.29, 0.717) is 13.2 Å². The fourth-order valence-electron chi connectivity index (χ4n) is 1.30. The zero-order valence-corrected chi connectivity index (χ0v) is 8.87. The normalized spacial score (nSPS) is 19.5. The largest absolute Gasteiger partial charge is 0.374 e. The Labute approximate surface area is 85.2 Å². The number of rotatable bonds is 2. The molecule has 0 atom stereocenters. The lowest BCUT2D eigenvalue weighted by atomic mass is 9.97. The standard InChI is InChI=1S/C9H10BrNO2/c1-12-9(5-13-6-9)8-3-2-7(10)4-11-8/h2-4H,5-6H2,1H3. The average Bonchev–Trinajstić information content (AvgIpc) is 2.07. The summed E-state index contributed by atoms with van der Waals surface area (Å²) in [6, 6.07) is 3.91. The van der Waals surface area contributed by atoms with Gasteiger partial charge in [0.2, 0.25) is 0 Å². The minimum Gasteiger partial charge on any atom is -0.374 e. The Morgan fingerprint density at radius 3 is 2.69 bits per heavy atom. The Balaban J connectivity index is 2.28. The van der Waals surface area contributed by atoms with Gasteiger partial charge in [0, 0.05) is 17.8 Å². The van der Waals surface area contributed by atoms with Crippen molar-refractivity contribution in [3.63, 3.8) is 0 Å². The van der Waals surface area contributed by atoms with Crippen molar-refractivity contribution in [2.75, 3.05) is 20.3 Å². The van der Waals surface area contributed by atoms with Crippen molar-refractivity contribution >= 4 is 15.9 Å². The molecule has 2 rings (SSSR count). The van der Waals surface area contributed by atoms with Crippen molar-refractivity contribution in [3.05, 3.63) is 28.5 Å². The lowest BCUT2D eigenvalue weighted by Crippen LogP contribution is -2.48. The third-order valence-electron chi connectivity index (χ3n) is 2.26. The van der Waals surface area contributed by atoms with Gasteiger partial charge in [-0.3, -0.25) is 4.98 Å². The van der Waals surface area contributed by atoms with Crippen LogP contribution in [0.5, 0.6) is 0 Å². The molecule has 0 aromatic carbocycles.